The van der Waals surface area contributed by atoms with Gasteiger partial charge < -0.3 is 33.8 Å². The second kappa shape index (κ2) is 9.09. The fourth-order valence-corrected chi connectivity index (χ4v) is 3.43. The minimum atomic E-state index is -0.605. The van der Waals surface area contributed by atoms with Crippen LogP contribution in [0.3, 0.4) is 0 Å². The van der Waals surface area contributed by atoms with Crippen LogP contribution in [0.25, 0.3) is 34.1 Å². The number of imidazole rings is 1. The number of H-pyrrole nitrogens is 1. The number of nitrogens with zero attached hydrogens (tertiary/aromatic N) is 1. The van der Waals surface area contributed by atoms with Crippen molar-refractivity contribution in [2.24, 2.45) is 0 Å². The molecular weight excluding hydrogens is 428 g/mol. The van der Waals surface area contributed by atoms with Crippen LogP contribution in [-0.4, -0.2) is 41.5 Å². The highest BCUT2D eigenvalue weighted by atomic mass is 16.5. The second-order valence-electron chi connectivity index (χ2n) is 7.09. The topological polar surface area (TPSA) is 127 Å². The Morgan fingerprint density at radius 3 is 2.21 bits per heavy atom. The van der Waals surface area contributed by atoms with Crippen LogP contribution in [-0.2, 0) is 11.3 Å². The normalized spacial score (nSPS) is 10.9. The highest BCUT2D eigenvalue weighted by molar-refractivity contribution is 5.81. The second-order valence-corrected chi connectivity index (χ2v) is 7.09. The van der Waals surface area contributed by atoms with Gasteiger partial charge in [-0.05, 0) is 12.1 Å². The summed E-state index contributed by atoms with van der Waals surface area (Å²) < 4.78 is 21.4. The molecule has 0 radical (unpaired) electrons. The Balaban J connectivity index is 1.98. The standard InChI is InChI=1S/C24H22N2O7/c1-30-12-15-11-16(27)21(28)23(33-15)20-19(13-7-5-4-6-8-13)25-24(26-20)14-9-17(31-2)22(29)18(10-14)32-3/h4-11,28-29H,12H2,1-3H3,(H,25,26). The molecule has 0 atom stereocenters. The molecular formula is C24H22N2O7. The number of phenolic OH excluding ortho intramolecular Hbond substituents is 1. The van der Waals surface area contributed by atoms with Crippen molar-refractivity contribution in [1.82, 2.24) is 9.97 Å². The van der Waals surface area contributed by atoms with Crippen LogP contribution in [0.1, 0.15) is 5.76 Å². The van der Waals surface area contributed by atoms with Gasteiger partial charge in [0.05, 0.1) is 14.2 Å². The van der Waals surface area contributed by atoms with E-state index in [0.717, 1.165) is 5.56 Å². The van der Waals surface area contributed by atoms with E-state index in [2.05, 4.69) is 4.98 Å². The van der Waals surface area contributed by atoms with Gasteiger partial charge in [0.25, 0.3) is 0 Å². The van der Waals surface area contributed by atoms with E-state index in [9.17, 15) is 15.0 Å². The van der Waals surface area contributed by atoms with Crippen LogP contribution < -0.4 is 14.9 Å². The van der Waals surface area contributed by atoms with E-state index in [1.807, 2.05) is 30.3 Å². The zero-order chi connectivity index (χ0) is 23.5. The summed E-state index contributed by atoms with van der Waals surface area (Å²) >= 11 is 0. The quantitative estimate of drug-likeness (QED) is 0.386. The third kappa shape index (κ3) is 4.13. The summed E-state index contributed by atoms with van der Waals surface area (Å²) in [7, 11) is 4.33. The number of benzene rings is 2. The number of hydrogen-bond donors (Lipinski definition) is 3. The van der Waals surface area contributed by atoms with Crippen LogP contribution in [0.15, 0.2) is 57.7 Å². The highest BCUT2D eigenvalue weighted by Crippen LogP contribution is 2.42. The minimum Gasteiger partial charge on any atom is -0.502 e. The summed E-state index contributed by atoms with van der Waals surface area (Å²) in [5.41, 5.74) is 1.41. The van der Waals surface area contributed by atoms with E-state index in [-0.39, 0.29) is 35.4 Å². The third-order valence-electron chi connectivity index (χ3n) is 4.99. The number of methoxy groups -OCH3 is 3. The maximum atomic E-state index is 12.4. The molecule has 0 unspecified atom stereocenters. The Labute approximate surface area is 188 Å². The first-order valence-corrected chi connectivity index (χ1v) is 9.92. The third-order valence-corrected chi connectivity index (χ3v) is 4.99. The predicted molar refractivity (Wildman–Crippen MR) is 121 cm³/mol. The largest absolute Gasteiger partial charge is 0.502 e. The number of nitrogens with one attached hydrogen (secondary N) is 1. The summed E-state index contributed by atoms with van der Waals surface area (Å²) in [6, 6.07) is 13.6. The van der Waals surface area contributed by atoms with Crippen LogP contribution in [0.4, 0.5) is 0 Å². The molecule has 170 valence electrons. The molecule has 0 amide bonds. The van der Waals surface area contributed by atoms with E-state index in [4.69, 9.17) is 23.6 Å². The molecule has 2 aromatic carbocycles. The number of aromatic nitrogens is 2. The van der Waals surface area contributed by atoms with E-state index in [1.54, 1.807) is 12.1 Å². The molecule has 0 aliphatic heterocycles. The molecule has 4 aromatic rings. The molecule has 4 rings (SSSR count). The van der Waals surface area contributed by atoms with Crippen molar-refractivity contribution in [2.45, 2.75) is 6.61 Å². The molecule has 0 spiro atoms. The Morgan fingerprint density at radius 2 is 1.61 bits per heavy atom. The molecule has 9 nitrogen and oxygen atoms in total. The first-order chi connectivity index (χ1) is 16.0. The summed E-state index contributed by atoms with van der Waals surface area (Å²) in [6.07, 6.45) is 0. The summed E-state index contributed by atoms with van der Waals surface area (Å²) in [5, 5.41) is 20.8. The van der Waals surface area contributed by atoms with Gasteiger partial charge in [-0.3, -0.25) is 4.79 Å². The van der Waals surface area contributed by atoms with Crippen LogP contribution in [0.2, 0.25) is 0 Å². The Morgan fingerprint density at radius 1 is 0.939 bits per heavy atom. The van der Waals surface area contributed by atoms with Crippen molar-refractivity contribution in [1.29, 1.82) is 0 Å². The molecule has 0 fully saturated rings. The van der Waals surface area contributed by atoms with Gasteiger partial charge in [-0.15, -0.1) is 0 Å². The lowest BCUT2D eigenvalue weighted by molar-refractivity contribution is 0.162. The van der Waals surface area contributed by atoms with Gasteiger partial charge in [-0.25, -0.2) is 4.98 Å². The zero-order valence-electron chi connectivity index (χ0n) is 18.2. The molecule has 0 saturated carbocycles. The lowest BCUT2D eigenvalue weighted by Crippen LogP contribution is -2.04. The molecule has 0 aliphatic rings. The number of ether oxygens (including phenoxy) is 3. The Kier molecular flexibility index (Phi) is 6.05. The lowest BCUT2D eigenvalue weighted by atomic mass is 10.1. The molecule has 0 saturated heterocycles. The molecule has 33 heavy (non-hydrogen) atoms. The van der Waals surface area contributed by atoms with Gasteiger partial charge in [-0.1, -0.05) is 30.3 Å². The van der Waals surface area contributed by atoms with Gasteiger partial charge in [0, 0.05) is 24.3 Å². The Hall–Kier alpha value is -4.24. The minimum absolute atomic E-state index is 0.0521. The van der Waals surface area contributed by atoms with Crippen LogP contribution in [0, 0.1) is 0 Å². The monoisotopic (exact) mass is 450 g/mol. The average Bonchev–Trinajstić information content (AvgIpc) is 3.27. The van der Waals surface area contributed by atoms with E-state index in [1.165, 1.54) is 27.4 Å². The first-order valence-electron chi connectivity index (χ1n) is 9.92. The number of aromatic hydroxyl groups is 2. The number of phenols is 1. The summed E-state index contributed by atoms with van der Waals surface area (Å²) in [4.78, 5) is 20.2. The van der Waals surface area contributed by atoms with Gasteiger partial charge >= 0.3 is 0 Å². The van der Waals surface area contributed by atoms with Crippen molar-refractivity contribution in [3.63, 3.8) is 0 Å². The number of hydrogen-bond acceptors (Lipinski definition) is 8. The van der Waals surface area contributed by atoms with E-state index >= 15 is 0 Å². The van der Waals surface area contributed by atoms with Crippen molar-refractivity contribution in [3.8, 4) is 57.1 Å². The van der Waals surface area contributed by atoms with Crippen molar-refractivity contribution >= 4 is 0 Å². The smallest absolute Gasteiger partial charge is 0.227 e. The SMILES string of the molecule is COCc1cc(=O)c(O)c(-c2[nH]c(-c3cc(OC)c(O)c(OC)c3)nc2-c2ccccc2)o1. The molecule has 2 aromatic heterocycles. The van der Waals surface area contributed by atoms with Crippen LogP contribution in [0.5, 0.6) is 23.0 Å². The zero-order valence-corrected chi connectivity index (χ0v) is 18.2. The molecule has 2 heterocycles. The van der Waals surface area contributed by atoms with Crippen molar-refractivity contribution in [2.75, 3.05) is 21.3 Å². The Bertz CT molecular complexity index is 1320. The number of aromatic amines is 1. The molecule has 3 N–H and O–H groups in total. The maximum absolute atomic E-state index is 12.4. The van der Waals surface area contributed by atoms with Gasteiger partial charge in [-0.2, -0.15) is 0 Å². The van der Waals surface area contributed by atoms with Gasteiger partial charge in [0.15, 0.2) is 17.3 Å². The van der Waals surface area contributed by atoms with Crippen LogP contribution >= 0.6 is 0 Å². The number of rotatable bonds is 7. The fourth-order valence-electron chi connectivity index (χ4n) is 3.43. The van der Waals surface area contributed by atoms with Gasteiger partial charge in [0.2, 0.25) is 16.9 Å². The van der Waals surface area contributed by atoms with Crippen molar-refractivity contribution < 1.29 is 28.8 Å². The first kappa shape index (κ1) is 22.0. The summed E-state index contributed by atoms with van der Waals surface area (Å²) in [6.45, 7) is 0.0521. The lowest BCUT2D eigenvalue weighted by Gasteiger charge is -2.10. The van der Waals surface area contributed by atoms with Gasteiger partial charge in [0.1, 0.15) is 29.6 Å². The molecule has 0 bridgehead atoms. The van der Waals surface area contributed by atoms with E-state index < -0.39 is 11.2 Å². The molecule has 0 aliphatic carbocycles. The summed E-state index contributed by atoms with van der Waals surface area (Å²) in [5.74, 6) is 0.251. The van der Waals surface area contributed by atoms with E-state index in [0.29, 0.717) is 22.8 Å². The fraction of sp³-hybridized carbons (Fsp3) is 0.167. The molecule has 9 heteroatoms. The maximum Gasteiger partial charge on any atom is 0.227 e. The van der Waals surface area contributed by atoms with Crippen molar-refractivity contribution in [3.05, 3.63) is 64.5 Å². The average molecular weight is 450 g/mol. The predicted octanol–water partition coefficient (Wildman–Crippen LogP) is 3.94. The highest BCUT2D eigenvalue weighted by Gasteiger charge is 2.23.